The summed E-state index contributed by atoms with van der Waals surface area (Å²) in [4.78, 5) is 11.2. The lowest BCUT2D eigenvalue weighted by Gasteiger charge is -2.19. The van der Waals surface area contributed by atoms with E-state index < -0.39 is 0 Å². The van der Waals surface area contributed by atoms with Gasteiger partial charge in [0, 0.05) is 11.5 Å². The van der Waals surface area contributed by atoms with Crippen molar-refractivity contribution in [2.75, 3.05) is 14.2 Å². The molecule has 5 nitrogen and oxygen atoms in total. The SMILES string of the molecule is C=CC(c1ccc(O)c(OC)c1)c1cc(/C=C/C(C)=O)cc(OC)c1O. The minimum Gasteiger partial charge on any atom is -0.504 e. The number of phenols is 2. The number of methoxy groups -OCH3 is 2. The van der Waals surface area contributed by atoms with Crippen molar-refractivity contribution in [1.82, 2.24) is 0 Å². The van der Waals surface area contributed by atoms with E-state index in [4.69, 9.17) is 9.47 Å². The molecule has 0 saturated heterocycles. The van der Waals surface area contributed by atoms with Crippen LogP contribution in [0.1, 0.15) is 29.5 Å². The van der Waals surface area contributed by atoms with E-state index in [9.17, 15) is 15.0 Å². The van der Waals surface area contributed by atoms with E-state index in [1.165, 1.54) is 33.3 Å². The average Bonchev–Trinajstić information content (AvgIpc) is 2.63. The molecule has 0 radical (unpaired) electrons. The molecule has 136 valence electrons. The molecule has 0 bridgehead atoms. The van der Waals surface area contributed by atoms with Gasteiger partial charge in [-0.05, 0) is 48.4 Å². The molecule has 2 aromatic rings. The van der Waals surface area contributed by atoms with Crippen molar-refractivity contribution < 1.29 is 24.5 Å². The summed E-state index contributed by atoms with van der Waals surface area (Å²) in [6.45, 7) is 5.33. The van der Waals surface area contributed by atoms with Gasteiger partial charge < -0.3 is 19.7 Å². The fourth-order valence-electron chi connectivity index (χ4n) is 2.68. The molecule has 2 aromatic carbocycles. The number of carbonyl (C=O) groups excluding carboxylic acids is 1. The Bertz CT molecular complexity index is 852. The molecule has 5 heteroatoms. The van der Waals surface area contributed by atoms with Gasteiger partial charge in [-0.25, -0.2) is 0 Å². The molecule has 0 aromatic heterocycles. The molecule has 1 unspecified atom stereocenters. The second kappa shape index (κ2) is 8.25. The van der Waals surface area contributed by atoms with Crippen LogP contribution in [0.2, 0.25) is 0 Å². The quantitative estimate of drug-likeness (QED) is 0.580. The van der Waals surface area contributed by atoms with Gasteiger partial charge in [-0.2, -0.15) is 0 Å². The van der Waals surface area contributed by atoms with Crippen molar-refractivity contribution in [3.63, 3.8) is 0 Å². The molecule has 0 aliphatic carbocycles. The molecule has 0 amide bonds. The molecule has 2 rings (SSSR count). The lowest BCUT2D eigenvalue weighted by atomic mass is 9.89. The maximum absolute atomic E-state index is 11.2. The average molecular weight is 354 g/mol. The first-order valence-corrected chi connectivity index (χ1v) is 8.00. The maximum atomic E-state index is 11.2. The third kappa shape index (κ3) is 4.06. The van der Waals surface area contributed by atoms with Gasteiger partial charge in [-0.1, -0.05) is 18.2 Å². The molecule has 0 heterocycles. The number of aromatic hydroxyl groups is 2. The summed E-state index contributed by atoms with van der Waals surface area (Å²) in [7, 11) is 2.93. The van der Waals surface area contributed by atoms with E-state index in [0.717, 1.165) is 5.56 Å². The fraction of sp³-hybridized carbons (Fsp3) is 0.190. The fourth-order valence-corrected chi connectivity index (χ4v) is 2.68. The molecular weight excluding hydrogens is 332 g/mol. The monoisotopic (exact) mass is 354 g/mol. The van der Waals surface area contributed by atoms with Crippen molar-refractivity contribution in [3.05, 3.63) is 65.8 Å². The van der Waals surface area contributed by atoms with E-state index >= 15 is 0 Å². The first-order chi connectivity index (χ1) is 12.4. The van der Waals surface area contributed by atoms with Crippen molar-refractivity contribution in [1.29, 1.82) is 0 Å². The van der Waals surface area contributed by atoms with E-state index in [-0.39, 0.29) is 23.2 Å². The zero-order valence-corrected chi connectivity index (χ0v) is 15.0. The topological polar surface area (TPSA) is 76.0 Å². The lowest BCUT2D eigenvalue weighted by molar-refractivity contribution is -0.112. The Kier molecular flexibility index (Phi) is 6.07. The number of ketones is 1. The number of carbonyl (C=O) groups is 1. The molecule has 2 N–H and O–H groups in total. The molecule has 0 aliphatic rings. The van der Waals surface area contributed by atoms with Gasteiger partial charge in [-0.3, -0.25) is 4.79 Å². The van der Waals surface area contributed by atoms with Gasteiger partial charge >= 0.3 is 0 Å². The highest BCUT2D eigenvalue weighted by molar-refractivity contribution is 5.91. The number of hydrogen-bond donors (Lipinski definition) is 2. The van der Waals surface area contributed by atoms with E-state index in [1.807, 2.05) is 0 Å². The number of allylic oxidation sites excluding steroid dienone is 2. The van der Waals surface area contributed by atoms with Crippen molar-refractivity contribution in [3.8, 4) is 23.0 Å². The second-order valence-corrected chi connectivity index (χ2v) is 5.75. The van der Waals surface area contributed by atoms with Crippen LogP contribution in [-0.2, 0) is 4.79 Å². The van der Waals surface area contributed by atoms with Crippen molar-refractivity contribution in [2.24, 2.45) is 0 Å². The van der Waals surface area contributed by atoms with Gasteiger partial charge in [0.25, 0.3) is 0 Å². The highest BCUT2D eigenvalue weighted by atomic mass is 16.5. The van der Waals surface area contributed by atoms with Crippen LogP contribution in [0.4, 0.5) is 0 Å². The summed E-state index contributed by atoms with van der Waals surface area (Å²) in [6, 6.07) is 8.36. The second-order valence-electron chi connectivity index (χ2n) is 5.75. The predicted molar refractivity (Wildman–Crippen MR) is 101 cm³/mol. The molecule has 26 heavy (non-hydrogen) atoms. The first-order valence-electron chi connectivity index (χ1n) is 8.00. The Hall–Kier alpha value is -3.21. The standard InChI is InChI=1S/C21H22O5/c1-5-16(15-8-9-18(23)19(12-15)25-3)17-10-14(7-6-13(2)22)11-20(26-4)21(17)24/h5-12,16,23-24H,1H2,2-4H3/b7-6+. The van der Waals surface area contributed by atoms with E-state index in [1.54, 1.807) is 36.4 Å². The van der Waals surface area contributed by atoms with Gasteiger partial charge in [-0.15, -0.1) is 6.58 Å². The largest absolute Gasteiger partial charge is 0.504 e. The van der Waals surface area contributed by atoms with Crippen LogP contribution in [0.5, 0.6) is 23.0 Å². The third-order valence-corrected chi connectivity index (χ3v) is 3.99. The van der Waals surface area contributed by atoms with Gasteiger partial charge in [0.1, 0.15) is 0 Å². The molecule has 0 spiro atoms. The molecule has 1 atom stereocenters. The van der Waals surface area contributed by atoms with Crippen LogP contribution in [0.15, 0.2) is 49.1 Å². The van der Waals surface area contributed by atoms with Gasteiger partial charge in [0.2, 0.25) is 0 Å². The minimum absolute atomic E-state index is 0.00980. The minimum atomic E-state index is -0.371. The van der Waals surface area contributed by atoms with Crippen molar-refractivity contribution >= 4 is 11.9 Å². The normalized spacial score (nSPS) is 12.0. The maximum Gasteiger partial charge on any atom is 0.161 e. The summed E-state index contributed by atoms with van der Waals surface area (Å²) in [6.07, 6.45) is 4.78. The van der Waals surface area contributed by atoms with Crippen LogP contribution in [0.3, 0.4) is 0 Å². The van der Waals surface area contributed by atoms with Crippen LogP contribution >= 0.6 is 0 Å². The van der Waals surface area contributed by atoms with Gasteiger partial charge in [0.15, 0.2) is 28.8 Å². The molecule has 0 saturated carbocycles. The number of phenolic OH excluding ortho intramolecular Hbond substituents is 2. The zero-order chi connectivity index (χ0) is 19.3. The molecule has 0 aliphatic heterocycles. The summed E-state index contributed by atoms with van der Waals surface area (Å²) < 4.78 is 10.4. The Morgan fingerprint density at radius 2 is 1.81 bits per heavy atom. The van der Waals surface area contributed by atoms with E-state index in [2.05, 4.69) is 6.58 Å². The van der Waals surface area contributed by atoms with Gasteiger partial charge in [0.05, 0.1) is 14.2 Å². The summed E-state index contributed by atoms with van der Waals surface area (Å²) in [5, 5.41) is 20.4. The summed E-state index contributed by atoms with van der Waals surface area (Å²) in [5.41, 5.74) is 2.05. The predicted octanol–water partition coefficient (Wildman–Crippen LogP) is 4.04. The van der Waals surface area contributed by atoms with Crippen LogP contribution in [-0.4, -0.2) is 30.2 Å². The Balaban J connectivity index is 2.60. The lowest BCUT2D eigenvalue weighted by Crippen LogP contribution is -2.01. The first kappa shape index (κ1) is 19.1. The highest BCUT2D eigenvalue weighted by Crippen LogP contribution is 2.41. The number of hydrogen-bond acceptors (Lipinski definition) is 5. The summed E-state index contributed by atoms with van der Waals surface area (Å²) in [5.74, 6) is 0.186. The molecule has 0 fully saturated rings. The number of ether oxygens (including phenoxy) is 2. The Morgan fingerprint density at radius 1 is 1.12 bits per heavy atom. The zero-order valence-electron chi connectivity index (χ0n) is 15.0. The van der Waals surface area contributed by atoms with Crippen molar-refractivity contribution in [2.45, 2.75) is 12.8 Å². The Labute approximate surface area is 152 Å². The summed E-state index contributed by atoms with van der Waals surface area (Å²) >= 11 is 0. The Morgan fingerprint density at radius 3 is 2.38 bits per heavy atom. The van der Waals surface area contributed by atoms with E-state index in [0.29, 0.717) is 22.6 Å². The molecular formula is C21H22O5. The van der Waals surface area contributed by atoms with Crippen LogP contribution in [0.25, 0.3) is 6.08 Å². The number of rotatable bonds is 7. The van der Waals surface area contributed by atoms with Crippen LogP contribution < -0.4 is 9.47 Å². The van der Waals surface area contributed by atoms with Crippen LogP contribution in [0, 0.1) is 0 Å². The third-order valence-electron chi connectivity index (χ3n) is 3.99. The smallest absolute Gasteiger partial charge is 0.161 e. The highest BCUT2D eigenvalue weighted by Gasteiger charge is 2.20. The number of benzene rings is 2.